The van der Waals surface area contributed by atoms with Gasteiger partial charge in [0.1, 0.15) is 11.8 Å². The van der Waals surface area contributed by atoms with Gasteiger partial charge in [0, 0.05) is 7.05 Å². The highest BCUT2D eigenvalue weighted by Crippen LogP contribution is 2.22. The number of para-hydroxylation sites is 1. The van der Waals surface area contributed by atoms with Crippen molar-refractivity contribution in [3.63, 3.8) is 0 Å². The maximum Gasteiger partial charge on any atom is 0.242 e. The molecule has 0 saturated carbocycles. The zero-order valence-corrected chi connectivity index (χ0v) is 17.1. The van der Waals surface area contributed by atoms with Gasteiger partial charge in [-0.25, -0.2) is 5.06 Å². The molecule has 0 aliphatic carbocycles. The van der Waals surface area contributed by atoms with Crippen LogP contribution in [0.1, 0.15) is 34.1 Å². The Balaban J connectivity index is 2.91. The van der Waals surface area contributed by atoms with E-state index in [1.54, 1.807) is 19.1 Å². The molecule has 0 fully saturated rings. The molecule has 0 radical (unpaired) electrons. The predicted molar refractivity (Wildman–Crippen MR) is 105 cm³/mol. The molecule has 0 spiro atoms. The van der Waals surface area contributed by atoms with Crippen LogP contribution >= 0.6 is 0 Å². The van der Waals surface area contributed by atoms with Gasteiger partial charge in [-0.15, -0.1) is 0 Å². The topological polar surface area (TPSA) is 108 Å². The molecule has 3 amide bonds. The van der Waals surface area contributed by atoms with Crippen molar-refractivity contribution in [1.82, 2.24) is 15.7 Å². The standard InChI is InChI=1S/C20H31N3O5/c1-14(23(27)13-24)16(11-12-28-15-9-7-6-8-10-15)18(25)22-17(19(26)21-5)20(2,3)4/h6-10,13-14,16-17,27H,11-12H2,1-5H3,(H,21,26)(H,22,25). The largest absolute Gasteiger partial charge is 0.494 e. The summed E-state index contributed by atoms with van der Waals surface area (Å²) in [6, 6.07) is 7.57. The van der Waals surface area contributed by atoms with Crippen molar-refractivity contribution in [3.8, 4) is 5.75 Å². The Morgan fingerprint density at radius 2 is 1.82 bits per heavy atom. The Labute approximate surface area is 166 Å². The van der Waals surface area contributed by atoms with E-state index < -0.39 is 29.3 Å². The van der Waals surface area contributed by atoms with E-state index in [1.807, 2.05) is 39.0 Å². The first-order chi connectivity index (χ1) is 13.1. The van der Waals surface area contributed by atoms with Crippen molar-refractivity contribution < 1.29 is 24.3 Å². The van der Waals surface area contributed by atoms with E-state index in [2.05, 4.69) is 10.6 Å². The summed E-state index contributed by atoms with van der Waals surface area (Å²) in [7, 11) is 1.50. The van der Waals surface area contributed by atoms with E-state index in [0.717, 1.165) is 0 Å². The highest BCUT2D eigenvalue weighted by Gasteiger charge is 2.36. The molecular weight excluding hydrogens is 362 g/mol. The molecule has 0 saturated heterocycles. The Morgan fingerprint density at radius 1 is 1.21 bits per heavy atom. The number of likely N-dealkylation sites (N-methyl/N-ethyl adjacent to an activating group) is 1. The molecule has 0 heterocycles. The second kappa shape index (κ2) is 10.7. The van der Waals surface area contributed by atoms with Gasteiger partial charge in [0.2, 0.25) is 18.2 Å². The van der Waals surface area contributed by atoms with Gasteiger partial charge < -0.3 is 15.4 Å². The van der Waals surface area contributed by atoms with Gasteiger partial charge in [-0.1, -0.05) is 39.0 Å². The van der Waals surface area contributed by atoms with Gasteiger partial charge in [-0.2, -0.15) is 0 Å². The number of hydrogen-bond acceptors (Lipinski definition) is 5. The smallest absolute Gasteiger partial charge is 0.242 e. The van der Waals surface area contributed by atoms with Crippen molar-refractivity contribution in [3.05, 3.63) is 30.3 Å². The van der Waals surface area contributed by atoms with Gasteiger partial charge in [-0.3, -0.25) is 19.6 Å². The Morgan fingerprint density at radius 3 is 2.32 bits per heavy atom. The monoisotopic (exact) mass is 393 g/mol. The molecule has 1 rings (SSSR count). The average molecular weight is 393 g/mol. The molecular formula is C20H31N3O5. The fourth-order valence-electron chi connectivity index (χ4n) is 2.76. The summed E-state index contributed by atoms with van der Waals surface area (Å²) < 4.78 is 5.64. The fourth-order valence-corrected chi connectivity index (χ4v) is 2.76. The van der Waals surface area contributed by atoms with Crippen LogP contribution in [-0.2, 0) is 14.4 Å². The minimum atomic E-state index is -0.790. The summed E-state index contributed by atoms with van der Waals surface area (Å²) >= 11 is 0. The highest BCUT2D eigenvalue weighted by atomic mass is 16.5. The zero-order chi connectivity index (χ0) is 21.3. The highest BCUT2D eigenvalue weighted by molar-refractivity contribution is 5.89. The van der Waals surface area contributed by atoms with Gasteiger partial charge >= 0.3 is 0 Å². The number of nitrogens with zero attached hydrogens (tertiary/aromatic N) is 1. The third kappa shape index (κ3) is 6.84. The lowest BCUT2D eigenvalue weighted by Gasteiger charge is -2.33. The predicted octanol–water partition coefficient (Wildman–Crippen LogP) is 1.58. The maximum atomic E-state index is 12.9. The number of hydroxylamine groups is 2. The van der Waals surface area contributed by atoms with Crippen LogP contribution in [0.15, 0.2) is 30.3 Å². The number of hydrogen-bond donors (Lipinski definition) is 3. The van der Waals surface area contributed by atoms with Crippen LogP contribution in [0.4, 0.5) is 0 Å². The summed E-state index contributed by atoms with van der Waals surface area (Å²) in [4.78, 5) is 36.1. The molecule has 0 aromatic heterocycles. The number of rotatable bonds is 10. The average Bonchev–Trinajstić information content (AvgIpc) is 2.67. The molecule has 0 aliphatic heterocycles. The Bertz CT molecular complexity index is 645. The fraction of sp³-hybridized carbons (Fsp3) is 0.550. The van der Waals surface area contributed by atoms with Gasteiger partial charge in [-0.05, 0) is 30.9 Å². The van der Waals surface area contributed by atoms with E-state index in [9.17, 15) is 19.6 Å². The molecule has 3 unspecified atom stereocenters. The molecule has 3 atom stereocenters. The quantitative estimate of drug-likeness (QED) is 0.318. The molecule has 0 bridgehead atoms. The number of ether oxygens (including phenoxy) is 1. The minimum absolute atomic E-state index is 0.208. The first kappa shape index (κ1) is 23.4. The maximum absolute atomic E-state index is 12.9. The minimum Gasteiger partial charge on any atom is -0.494 e. The van der Waals surface area contributed by atoms with Crippen molar-refractivity contribution in [2.75, 3.05) is 13.7 Å². The van der Waals surface area contributed by atoms with Crippen molar-refractivity contribution in [2.24, 2.45) is 11.3 Å². The lowest BCUT2D eigenvalue weighted by Crippen LogP contribution is -2.56. The SMILES string of the molecule is CNC(=O)C(NC(=O)C(CCOc1ccccc1)C(C)N(O)C=O)C(C)(C)C. The van der Waals surface area contributed by atoms with E-state index in [1.165, 1.54) is 7.05 Å². The van der Waals surface area contributed by atoms with E-state index >= 15 is 0 Å². The van der Waals surface area contributed by atoms with E-state index in [4.69, 9.17) is 4.74 Å². The lowest BCUT2D eigenvalue weighted by molar-refractivity contribution is -0.166. The molecule has 0 aliphatic rings. The third-order valence-electron chi connectivity index (χ3n) is 4.55. The number of carbonyl (C=O) groups excluding carboxylic acids is 3. The Hall–Kier alpha value is -2.61. The molecule has 1 aromatic carbocycles. The number of benzene rings is 1. The van der Waals surface area contributed by atoms with Crippen LogP contribution in [-0.4, -0.2) is 54.2 Å². The molecule has 8 nitrogen and oxygen atoms in total. The van der Waals surface area contributed by atoms with Crippen molar-refractivity contribution >= 4 is 18.2 Å². The van der Waals surface area contributed by atoms with Gasteiger partial charge in [0.15, 0.2) is 0 Å². The third-order valence-corrected chi connectivity index (χ3v) is 4.55. The van der Waals surface area contributed by atoms with Crippen molar-refractivity contribution in [1.29, 1.82) is 0 Å². The van der Waals surface area contributed by atoms with Crippen LogP contribution in [0.2, 0.25) is 0 Å². The molecule has 156 valence electrons. The van der Waals surface area contributed by atoms with Gasteiger partial charge in [0.05, 0.1) is 18.6 Å². The summed E-state index contributed by atoms with van der Waals surface area (Å²) in [5, 5.41) is 15.5. The summed E-state index contributed by atoms with van der Waals surface area (Å²) in [6.07, 6.45) is 0.500. The summed E-state index contributed by atoms with van der Waals surface area (Å²) in [6.45, 7) is 7.29. The molecule has 3 N–H and O–H groups in total. The first-order valence-corrected chi connectivity index (χ1v) is 9.24. The lowest BCUT2D eigenvalue weighted by atomic mass is 9.85. The second-order valence-corrected chi connectivity index (χ2v) is 7.70. The number of amides is 3. The van der Waals surface area contributed by atoms with Crippen molar-refractivity contribution in [2.45, 2.75) is 46.2 Å². The normalized spacial score (nSPS) is 14.4. The van der Waals surface area contributed by atoms with Crippen LogP contribution < -0.4 is 15.4 Å². The number of carbonyl (C=O) groups is 3. The summed E-state index contributed by atoms with van der Waals surface area (Å²) in [5.74, 6) is -0.866. The van der Waals surface area contributed by atoms with Crippen LogP contribution in [0, 0.1) is 11.3 Å². The van der Waals surface area contributed by atoms with E-state index in [0.29, 0.717) is 10.8 Å². The first-order valence-electron chi connectivity index (χ1n) is 9.24. The molecule has 8 heteroatoms. The Kier molecular flexibility index (Phi) is 8.91. The second-order valence-electron chi connectivity index (χ2n) is 7.70. The number of nitrogens with one attached hydrogen (secondary N) is 2. The summed E-state index contributed by atoms with van der Waals surface area (Å²) in [5.41, 5.74) is -0.520. The van der Waals surface area contributed by atoms with Crippen LogP contribution in [0.3, 0.4) is 0 Å². The van der Waals surface area contributed by atoms with E-state index in [-0.39, 0.29) is 25.3 Å². The van der Waals surface area contributed by atoms with Crippen LogP contribution in [0.5, 0.6) is 5.75 Å². The van der Waals surface area contributed by atoms with Crippen LogP contribution in [0.25, 0.3) is 0 Å². The molecule has 1 aromatic rings. The van der Waals surface area contributed by atoms with Gasteiger partial charge in [0.25, 0.3) is 0 Å². The zero-order valence-electron chi connectivity index (χ0n) is 17.1. The molecule has 28 heavy (non-hydrogen) atoms.